The van der Waals surface area contributed by atoms with E-state index >= 15 is 0 Å². The van der Waals surface area contributed by atoms with Crippen LogP contribution in [0.25, 0.3) is 0 Å². The molecule has 104 valence electrons. The Bertz CT molecular complexity index is 357. The molecule has 0 spiro atoms. The Morgan fingerprint density at radius 1 is 1.44 bits per heavy atom. The van der Waals surface area contributed by atoms with Gasteiger partial charge in [0.05, 0.1) is 11.4 Å². The number of nitrogens with two attached hydrogens (primary N) is 1. The molecule has 1 heterocycles. The summed E-state index contributed by atoms with van der Waals surface area (Å²) >= 11 is 0. The van der Waals surface area contributed by atoms with Crippen LogP contribution in [0.5, 0.6) is 0 Å². The summed E-state index contributed by atoms with van der Waals surface area (Å²) in [5.41, 5.74) is 8.51. The number of nitrogens with zero attached hydrogens (tertiary/aromatic N) is 3. The van der Waals surface area contributed by atoms with Crippen LogP contribution in [0.2, 0.25) is 0 Å². The first-order chi connectivity index (χ1) is 8.43. The molecule has 2 N–H and O–H groups in total. The van der Waals surface area contributed by atoms with Crippen LogP contribution in [-0.4, -0.2) is 34.3 Å². The van der Waals surface area contributed by atoms with Gasteiger partial charge in [0.2, 0.25) is 0 Å². The van der Waals surface area contributed by atoms with Crippen molar-refractivity contribution in [2.45, 2.75) is 46.2 Å². The second kappa shape index (κ2) is 6.90. The molecule has 1 rings (SSSR count). The van der Waals surface area contributed by atoms with Gasteiger partial charge in [-0.3, -0.25) is 4.68 Å². The predicted molar refractivity (Wildman–Crippen MR) is 76.4 cm³/mol. The quantitative estimate of drug-likeness (QED) is 0.805. The van der Waals surface area contributed by atoms with Gasteiger partial charge in [-0.05, 0) is 38.4 Å². The molecule has 1 atom stereocenters. The Labute approximate surface area is 111 Å². The zero-order valence-electron chi connectivity index (χ0n) is 12.5. The highest BCUT2D eigenvalue weighted by Crippen LogP contribution is 2.08. The molecular weight excluding hydrogens is 224 g/mol. The molecule has 1 aromatic rings. The number of hydrogen-bond donors (Lipinski definition) is 1. The van der Waals surface area contributed by atoms with E-state index in [0.717, 1.165) is 25.9 Å². The van der Waals surface area contributed by atoms with Crippen molar-refractivity contribution in [3.8, 4) is 0 Å². The average molecular weight is 252 g/mol. The minimum Gasteiger partial charge on any atom is -0.327 e. The second-order valence-electron chi connectivity index (χ2n) is 5.54. The van der Waals surface area contributed by atoms with Crippen LogP contribution in [0.1, 0.15) is 38.6 Å². The molecule has 0 radical (unpaired) electrons. The first-order valence-corrected chi connectivity index (χ1v) is 6.90. The number of hydrogen-bond acceptors (Lipinski definition) is 3. The molecule has 1 unspecified atom stereocenters. The van der Waals surface area contributed by atoms with Gasteiger partial charge in [0.15, 0.2) is 0 Å². The normalized spacial score (nSPS) is 13.6. The molecule has 4 heteroatoms. The smallest absolute Gasteiger partial charge is 0.0625 e. The van der Waals surface area contributed by atoms with Crippen LogP contribution >= 0.6 is 0 Å². The van der Waals surface area contributed by atoms with Crippen LogP contribution in [0.15, 0.2) is 6.07 Å². The van der Waals surface area contributed by atoms with Crippen molar-refractivity contribution in [3.05, 3.63) is 17.5 Å². The molecule has 18 heavy (non-hydrogen) atoms. The van der Waals surface area contributed by atoms with Gasteiger partial charge in [0.25, 0.3) is 0 Å². The van der Waals surface area contributed by atoms with E-state index in [1.54, 1.807) is 0 Å². The van der Waals surface area contributed by atoms with E-state index in [1.807, 2.05) is 11.7 Å². The van der Waals surface area contributed by atoms with Crippen LogP contribution < -0.4 is 5.73 Å². The third kappa shape index (κ3) is 4.42. The highest BCUT2D eigenvalue weighted by atomic mass is 15.3. The van der Waals surface area contributed by atoms with Gasteiger partial charge in [-0.1, -0.05) is 20.8 Å². The lowest BCUT2D eigenvalue weighted by Crippen LogP contribution is -2.31. The third-order valence-corrected chi connectivity index (χ3v) is 3.52. The van der Waals surface area contributed by atoms with E-state index in [4.69, 9.17) is 5.73 Å². The van der Waals surface area contributed by atoms with Gasteiger partial charge in [-0.25, -0.2) is 0 Å². The highest BCUT2D eigenvalue weighted by molar-refractivity contribution is 5.09. The number of aromatic nitrogens is 2. The van der Waals surface area contributed by atoms with E-state index in [1.165, 1.54) is 11.4 Å². The minimum atomic E-state index is 0.296. The molecule has 0 fully saturated rings. The van der Waals surface area contributed by atoms with E-state index in [-0.39, 0.29) is 0 Å². The van der Waals surface area contributed by atoms with Gasteiger partial charge in [0.1, 0.15) is 0 Å². The molecule has 1 aromatic heterocycles. The molecule has 0 aliphatic rings. The summed E-state index contributed by atoms with van der Waals surface area (Å²) in [5.74, 6) is 0.557. The van der Waals surface area contributed by atoms with E-state index < -0.39 is 0 Å². The fourth-order valence-corrected chi connectivity index (χ4v) is 1.95. The third-order valence-electron chi connectivity index (χ3n) is 3.52. The van der Waals surface area contributed by atoms with Crippen molar-refractivity contribution in [1.29, 1.82) is 0 Å². The van der Waals surface area contributed by atoms with Gasteiger partial charge >= 0.3 is 0 Å². The summed E-state index contributed by atoms with van der Waals surface area (Å²) in [6.07, 6.45) is 2.04. The minimum absolute atomic E-state index is 0.296. The van der Waals surface area contributed by atoms with Crippen molar-refractivity contribution in [1.82, 2.24) is 14.7 Å². The van der Waals surface area contributed by atoms with E-state index in [0.29, 0.717) is 12.0 Å². The Kier molecular flexibility index (Phi) is 5.82. The molecule has 0 aliphatic heterocycles. The van der Waals surface area contributed by atoms with Crippen molar-refractivity contribution in [2.24, 2.45) is 18.7 Å². The van der Waals surface area contributed by atoms with Gasteiger partial charge in [-0.15, -0.1) is 0 Å². The molecular formula is C14H28N4. The van der Waals surface area contributed by atoms with Crippen molar-refractivity contribution in [2.75, 3.05) is 13.6 Å². The molecule has 0 aromatic carbocycles. The summed E-state index contributed by atoms with van der Waals surface area (Å²) in [5, 5.41) is 4.47. The lowest BCUT2D eigenvalue weighted by molar-refractivity contribution is 0.289. The van der Waals surface area contributed by atoms with Gasteiger partial charge in [0, 0.05) is 19.6 Å². The van der Waals surface area contributed by atoms with Gasteiger partial charge < -0.3 is 10.6 Å². The highest BCUT2D eigenvalue weighted by Gasteiger charge is 2.11. The average Bonchev–Trinajstić information content (AvgIpc) is 2.67. The number of rotatable bonds is 7. The standard InChI is InChI=1S/C14H28N4/c1-6-12-9-13(18(5)16-12)10-17(4)8-7-14(15)11(2)3/h9,11,14H,6-8,10,15H2,1-5H3. The summed E-state index contributed by atoms with van der Waals surface area (Å²) < 4.78 is 1.98. The fourth-order valence-electron chi connectivity index (χ4n) is 1.95. The molecule has 0 amide bonds. The summed E-state index contributed by atoms with van der Waals surface area (Å²) in [6.45, 7) is 8.47. The van der Waals surface area contributed by atoms with Crippen LogP contribution in [0.4, 0.5) is 0 Å². The van der Waals surface area contributed by atoms with E-state index in [2.05, 4.69) is 43.9 Å². The molecule has 0 aliphatic carbocycles. The maximum Gasteiger partial charge on any atom is 0.0625 e. The van der Waals surface area contributed by atoms with Crippen LogP contribution in [-0.2, 0) is 20.0 Å². The largest absolute Gasteiger partial charge is 0.327 e. The van der Waals surface area contributed by atoms with Crippen molar-refractivity contribution >= 4 is 0 Å². The Morgan fingerprint density at radius 2 is 2.11 bits per heavy atom. The Morgan fingerprint density at radius 3 is 2.61 bits per heavy atom. The van der Waals surface area contributed by atoms with Crippen molar-refractivity contribution in [3.63, 3.8) is 0 Å². The summed E-state index contributed by atoms with van der Waals surface area (Å²) in [4.78, 5) is 2.32. The lowest BCUT2D eigenvalue weighted by atomic mass is 10.0. The topological polar surface area (TPSA) is 47.1 Å². The van der Waals surface area contributed by atoms with Gasteiger partial charge in [-0.2, -0.15) is 5.10 Å². The van der Waals surface area contributed by atoms with Crippen LogP contribution in [0.3, 0.4) is 0 Å². The maximum atomic E-state index is 6.07. The second-order valence-corrected chi connectivity index (χ2v) is 5.54. The van der Waals surface area contributed by atoms with E-state index in [9.17, 15) is 0 Å². The molecule has 0 saturated carbocycles. The SMILES string of the molecule is CCc1cc(CN(C)CCC(N)C(C)C)n(C)n1. The maximum absolute atomic E-state index is 6.07. The summed E-state index contributed by atoms with van der Waals surface area (Å²) in [6, 6.07) is 2.49. The summed E-state index contributed by atoms with van der Waals surface area (Å²) in [7, 11) is 4.16. The first kappa shape index (κ1) is 15.2. The van der Waals surface area contributed by atoms with Crippen LogP contribution in [0, 0.1) is 5.92 Å². The van der Waals surface area contributed by atoms with Crippen molar-refractivity contribution < 1.29 is 0 Å². The Balaban J connectivity index is 2.44. The lowest BCUT2D eigenvalue weighted by Gasteiger charge is -2.21. The zero-order valence-corrected chi connectivity index (χ0v) is 12.5. The zero-order chi connectivity index (χ0) is 13.7. The fraction of sp³-hybridized carbons (Fsp3) is 0.786. The predicted octanol–water partition coefficient (Wildman–Crippen LogP) is 1.79. The molecule has 0 saturated heterocycles. The first-order valence-electron chi connectivity index (χ1n) is 6.90. The Hall–Kier alpha value is -0.870. The molecule has 4 nitrogen and oxygen atoms in total. The molecule has 0 bridgehead atoms. The monoisotopic (exact) mass is 252 g/mol. The number of aryl methyl sites for hydroxylation is 2.